The normalized spacial score (nSPS) is 12.8. The van der Waals surface area contributed by atoms with Crippen LogP contribution in [-0.2, 0) is 22.4 Å². The van der Waals surface area contributed by atoms with Crippen molar-refractivity contribution in [1.82, 2.24) is 10.3 Å². The second-order valence-corrected chi connectivity index (χ2v) is 8.47. The number of hydrogen-bond acceptors (Lipinski definition) is 6. The lowest BCUT2D eigenvalue weighted by molar-refractivity contribution is -0.142. The average Bonchev–Trinajstić information content (AvgIpc) is 3.52. The molecule has 0 fully saturated rings. The van der Waals surface area contributed by atoms with Gasteiger partial charge in [0.2, 0.25) is 6.79 Å². The molecular weight excluding hydrogens is 460 g/mol. The Morgan fingerprint density at radius 2 is 1.78 bits per heavy atom. The number of amides is 1. The fraction of sp³-hybridized carbons (Fsp3) is 0.214. The van der Waals surface area contributed by atoms with E-state index >= 15 is 0 Å². The van der Waals surface area contributed by atoms with Crippen molar-refractivity contribution in [3.63, 3.8) is 0 Å². The Kier molecular flexibility index (Phi) is 6.49. The molecule has 0 aliphatic carbocycles. The van der Waals surface area contributed by atoms with E-state index in [4.69, 9.17) is 18.9 Å². The van der Waals surface area contributed by atoms with Gasteiger partial charge in [0, 0.05) is 35.0 Å². The summed E-state index contributed by atoms with van der Waals surface area (Å²) in [5.41, 5.74) is 4.32. The Bertz CT molecular complexity index is 1410. The number of esters is 1. The molecule has 0 radical (unpaired) electrons. The Hall–Kier alpha value is -4.46. The first-order chi connectivity index (χ1) is 17.6. The van der Waals surface area contributed by atoms with E-state index in [1.54, 1.807) is 25.3 Å². The van der Waals surface area contributed by atoms with E-state index in [9.17, 15) is 9.59 Å². The first kappa shape index (κ1) is 23.3. The number of methoxy groups -OCH3 is 2. The number of rotatable bonds is 8. The highest BCUT2D eigenvalue weighted by atomic mass is 16.7. The van der Waals surface area contributed by atoms with E-state index in [0.717, 1.165) is 33.5 Å². The van der Waals surface area contributed by atoms with Crippen molar-refractivity contribution < 1.29 is 28.5 Å². The summed E-state index contributed by atoms with van der Waals surface area (Å²) < 4.78 is 21.0. The molecule has 4 aromatic rings. The number of hydrogen-bond donors (Lipinski definition) is 2. The minimum Gasteiger partial charge on any atom is -0.497 e. The third-order valence-corrected chi connectivity index (χ3v) is 6.28. The fourth-order valence-corrected chi connectivity index (χ4v) is 4.41. The molecule has 0 saturated heterocycles. The summed E-state index contributed by atoms with van der Waals surface area (Å²) in [6, 6.07) is 19.8. The highest BCUT2D eigenvalue weighted by Crippen LogP contribution is 2.32. The largest absolute Gasteiger partial charge is 0.497 e. The quantitative estimate of drug-likeness (QED) is 0.365. The number of aromatic nitrogens is 1. The first-order valence-electron chi connectivity index (χ1n) is 11.6. The van der Waals surface area contributed by atoms with Crippen molar-refractivity contribution in [2.24, 2.45) is 0 Å². The second kappa shape index (κ2) is 10.0. The molecule has 0 unspecified atom stereocenters. The first-order valence-corrected chi connectivity index (χ1v) is 11.6. The van der Waals surface area contributed by atoms with E-state index in [1.807, 2.05) is 48.5 Å². The number of ether oxygens (including phenoxy) is 4. The monoisotopic (exact) mass is 486 g/mol. The lowest BCUT2D eigenvalue weighted by Crippen LogP contribution is -2.43. The predicted octanol–water partition coefficient (Wildman–Crippen LogP) is 4.01. The van der Waals surface area contributed by atoms with Crippen LogP contribution >= 0.6 is 0 Å². The maximum Gasteiger partial charge on any atom is 0.328 e. The Morgan fingerprint density at radius 3 is 2.56 bits per heavy atom. The average molecular weight is 487 g/mol. The van der Waals surface area contributed by atoms with Gasteiger partial charge in [-0.3, -0.25) is 4.79 Å². The molecule has 1 aliphatic rings. The molecule has 0 bridgehead atoms. The van der Waals surface area contributed by atoms with Crippen LogP contribution in [0.3, 0.4) is 0 Å². The SMILES string of the molecule is COC(=O)[C@H](Cc1c(Cc2ccc(OC)cc2)[nH]c2ccccc12)NC(=O)c1ccc2c(c1)OCO2. The lowest BCUT2D eigenvalue weighted by atomic mass is 9.98. The molecule has 8 nitrogen and oxygen atoms in total. The molecule has 3 aromatic carbocycles. The highest BCUT2D eigenvalue weighted by molar-refractivity contribution is 5.97. The molecule has 1 atom stereocenters. The third-order valence-electron chi connectivity index (χ3n) is 6.28. The van der Waals surface area contributed by atoms with E-state index in [2.05, 4.69) is 10.3 Å². The van der Waals surface area contributed by atoms with Gasteiger partial charge < -0.3 is 29.2 Å². The van der Waals surface area contributed by atoms with Gasteiger partial charge in [0.05, 0.1) is 14.2 Å². The van der Waals surface area contributed by atoms with Crippen molar-refractivity contribution in [3.05, 3.63) is 89.1 Å². The van der Waals surface area contributed by atoms with E-state index in [1.165, 1.54) is 7.11 Å². The van der Waals surface area contributed by atoms with Crippen LogP contribution < -0.4 is 19.5 Å². The molecule has 1 amide bonds. The number of fused-ring (bicyclic) bond motifs is 2. The molecule has 1 aromatic heterocycles. The summed E-state index contributed by atoms with van der Waals surface area (Å²) in [7, 11) is 2.95. The summed E-state index contributed by atoms with van der Waals surface area (Å²) in [6.07, 6.45) is 0.885. The van der Waals surface area contributed by atoms with Crippen LogP contribution in [-0.4, -0.2) is 43.9 Å². The third kappa shape index (κ3) is 4.70. The standard InChI is InChI=1S/C28H26N2O6/c1-33-19-10-7-17(8-11-19)13-23-21(20-5-3-4-6-22(20)29-23)15-24(28(32)34-2)30-27(31)18-9-12-25-26(14-18)36-16-35-25/h3-12,14,24,29H,13,15-16H2,1-2H3,(H,30,31)/t24-/m0/s1. The molecule has 36 heavy (non-hydrogen) atoms. The summed E-state index contributed by atoms with van der Waals surface area (Å²) in [5.74, 6) is 0.936. The fourth-order valence-electron chi connectivity index (χ4n) is 4.41. The number of aromatic amines is 1. The Balaban J connectivity index is 1.44. The van der Waals surface area contributed by atoms with Crippen LogP contribution in [0.25, 0.3) is 10.9 Å². The van der Waals surface area contributed by atoms with Crippen LogP contribution in [0, 0.1) is 0 Å². The number of para-hydroxylation sites is 1. The molecule has 2 N–H and O–H groups in total. The van der Waals surface area contributed by atoms with Gasteiger partial charge >= 0.3 is 5.97 Å². The van der Waals surface area contributed by atoms with Gasteiger partial charge in [-0.1, -0.05) is 30.3 Å². The zero-order valence-corrected chi connectivity index (χ0v) is 20.0. The molecular formula is C28H26N2O6. The predicted molar refractivity (Wildman–Crippen MR) is 134 cm³/mol. The lowest BCUT2D eigenvalue weighted by Gasteiger charge is -2.18. The molecule has 8 heteroatoms. The number of H-pyrrole nitrogens is 1. The Morgan fingerprint density at radius 1 is 1.00 bits per heavy atom. The molecule has 2 heterocycles. The number of carbonyl (C=O) groups is 2. The summed E-state index contributed by atoms with van der Waals surface area (Å²) >= 11 is 0. The maximum absolute atomic E-state index is 13.1. The van der Waals surface area contributed by atoms with Crippen LogP contribution in [0.1, 0.15) is 27.2 Å². The van der Waals surface area contributed by atoms with Gasteiger partial charge in [-0.05, 0) is 47.5 Å². The van der Waals surface area contributed by atoms with E-state index < -0.39 is 17.9 Å². The summed E-state index contributed by atoms with van der Waals surface area (Å²) in [5, 5.41) is 3.84. The minimum absolute atomic E-state index is 0.114. The number of nitrogens with one attached hydrogen (secondary N) is 2. The van der Waals surface area contributed by atoms with Gasteiger partial charge in [-0.25, -0.2) is 4.79 Å². The van der Waals surface area contributed by atoms with Crippen molar-refractivity contribution in [1.29, 1.82) is 0 Å². The van der Waals surface area contributed by atoms with Gasteiger partial charge in [0.1, 0.15) is 11.8 Å². The minimum atomic E-state index is -0.887. The number of benzene rings is 3. The van der Waals surface area contributed by atoms with Crippen LogP contribution in [0.2, 0.25) is 0 Å². The molecule has 5 rings (SSSR count). The van der Waals surface area contributed by atoms with Crippen molar-refractivity contribution >= 4 is 22.8 Å². The van der Waals surface area contributed by atoms with Gasteiger partial charge in [-0.15, -0.1) is 0 Å². The highest BCUT2D eigenvalue weighted by Gasteiger charge is 2.26. The van der Waals surface area contributed by atoms with Crippen molar-refractivity contribution in [3.8, 4) is 17.2 Å². The Labute approximate surface area is 208 Å². The maximum atomic E-state index is 13.1. The second-order valence-electron chi connectivity index (χ2n) is 8.47. The van der Waals surface area contributed by atoms with Crippen molar-refractivity contribution in [2.75, 3.05) is 21.0 Å². The zero-order valence-electron chi connectivity index (χ0n) is 20.0. The summed E-state index contributed by atoms with van der Waals surface area (Å²) in [4.78, 5) is 29.3. The smallest absolute Gasteiger partial charge is 0.328 e. The topological polar surface area (TPSA) is 98.9 Å². The van der Waals surface area contributed by atoms with Crippen LogP contribution in [0.5, 0.6) is 17.2 Å². The zero-order chi connectivity index (χ0) is 25.1. The molecule has 0 spiro atoms. The van der Waals surface area contributed by atoms with Crippen LogP contribution in [0.4, 0.5) is 0 Å². The molecule has 184 valence electrons. The molecule has 1 aliphatic heterocycles. The van der Waals surface area contributed by atoms with E-state index in [0.29, 0.717) is 23.5 Å². The van der Waals surface area contributed by atoms with E-state index in [-0.39, 0.29) is 13.2 Å². The van der Waals surface area contributed by atoms with Crippen molar-refractivity contribution in [2.45, 2.75) is 18.9 Å². The van der Waals surface area contributed by atoms with Crippen LogP contribution in [0.15, 0.2) is 66.7 Å². The molecule has 0 saturated carbocycles. The van der Waals surface area contributed by atoms with Gasteiger partial charge in [0.15, 0.2) is 11.5 Å². The van der Waals surface area contributed by atoms with Gasteiger partial charge in [-0.2, -0.15) is 0 Å². The number of carbonyl (C=O) groups excluding carboxylic acids is 2. The summed E-state index contributed by atoms with van der Waals surface area (Å²) in [6.45, 7) is 0.114. The van der Waals surface area contributed by atoms with Gasteiger partial charge in [0.25, 0.3) is 5.91 Å².